The van der Waals surface area contributed by atoms with E-state index in [1.807, 2.05) is 0 Å². The number of rotatable bonds is 1. The lowest BCUT2D eigenvalue weighted by atomic mass is 10.0. The Labute approximate surface area is 116 Å². The van der Waals surface area contributed by atoms with Crippen LogP contribution in [-0.2, 0) is 6.18 Å². The van der Waals surface area contributed by atoms with Gasteiger partial charge in [-0.05, 0) is 17.7 Å². The van der Waals surface area contributed by atoms with Crippen LogP contribution in [0.3, 0.4) is 0 Å². The van der Waals surface area contributed by atoms with E-state index >= 15 is 0 Å². The van der Waals surface area contributed by atoms with Crippen LogP contribution < -0.4 is 0 Å². The number of alkyl halides is 3. The molecule has 0 aliphatic carbocycles. The summed E-state index contributed by atoms with van der Waals surface area (Å²) >= 11 is 6.01. The molecule has 0 saturated carbocycles. The maximum absolute atomic E-state index is 12.5. The largest absolute Gasteiger partial charge is 0.416 e. The Balaban J connectivity index is 2.12. The van der Waals surface area contributed by atoms with Gasteiger partial charge >= 0.3 is 6.18 Å². The Hall–Kier alpha value is -2.08. The van der Waals surface area contributed by atoms with Gasteiger partial charge in [-0.1, -0.05) is 23.7 Å². The van der Waals surface area contributed by atoms with E-state index in [1.54, 1.807) is 6.20 Å². The molecule has 3 rings (SSSR count). The van der Waals surface area contributed by atoms with Gasteiger partial charge in [-0.2, -0.15) is 13.2 Å². The third kappa shape index (κ3) is 2.12. The van der Waals surface area contributed by atoms with E-state index in [4.69, 9.17) is 11.6 Å². The number of nitrogens with zero attached hydrogens (tertiary/aromatic N) is 2. The van der Waals surface area contributed by atoms with Crippen LogP contribution in [-0.4, -0.2) is 15.0 Å². The minimum absolute atomic E-state index is 0.256. The zero-order valence-corrected chi connectivity index (χ0v) is 10.6. The number of benzene rings is 1. The maximum Gasteiger partial charge on any atom is 0.416 e. The van der Waals surface area contributed by atoms with Gasteiger partial charge in [-0.15, -0.1) is 0 Å². The van der Waals surface area contributed by atoms with Gasteiger partial charge < -0.3 is 4.98 Å². The maximum atomic E-state index is 12.5. The summed E-state index contributed by atoms with van der Waals surface area (Å²) in [5, 5.41) is 0.847. The van der Waals surface area contributed by atoms with Crippen LogP contribution >= 0.6 is 11.6 Å². The molecule has 1 aromatic carbocycles. The molecule has 0 fully saturated rings. The van der Waals surface area contributed by atoms with Crippen LogP contribution in [0.25, 0.3) is 22.2 Å². The molecule has 2 aromatic heterocycles. The second kappa shape index (κ2) is 4.49. The van der Waals surface area contributed by atoms with E-state index in [1.165, 1.54) is 18.5 Å². The van der Waals surface area contributed by atoms with Gasteiger partial charge in [0, 0.05) is 11.8 Å². The topological polar surface area (TPSA) is 41.6 Å². The zero-order valence-electron chi connectivity index (χ0n) is 9.87. The van der Waals surface area contributed by atoms with Crippen molar-refractivity contribution in [3.8, 4) is 11.1 Å². The number of H-pyrrole nitrogens is 1. The van der Waals surface area contributed by atoms with Gasteiger partial charge in [0.2, 0.25) is 0 Å². The fourth-order valence-electron chi connectivity index (χ4n) is 1.99. The van der Waals surface area contributed by atoms with Gasteiger partial charge in [0.05, 0.1) is 10.9 Å². The van der Waals surface area contributed by atoms with Crippen LogP contribution in [0.5, 0.6) is 0 Å². The molecule has 0 amide bonds. The lowest BCUT2D eigenvalue weighted by Crippen LogP contribution is -2.03. The summed E-state index contributed by atoms with van der Waals surface area (Å²) in [5.74, 6) is 0. The van der Waals surface area contributed by atoms with Crippen LogP contribution in [0.1, 0.15) is 5.56 Å². The van der Waals surface area contributed by atoms with Crippen molar-refractivity contribution in [3.63, 3.8) is 0 Å². The van der Waals surface area contributed by atoms with Crippen LogP contribution in [0.2, 0.25) is 5.15 Å². The number of hydrogen-bond acceptors (Lipinski definition) is 2. The van der Waals surface area contributed by atoms with Gasteiger partial charge in [0.15, 0.2) is 0 Å². The molecule has 0 spiro atoms. The first-order valence-electron chi connectivity index (χ1n) is 5.62. The fraction of sp³-hybridized carbons (Fsp3) is 0.0769. The third-order valence-corrected chi connectivity index (χ3v) is 3.23. The van der Waals surface area contributed by atoms with Crippen molar-refractivity contribution < 1.29 is 13.2 Å². The molecule has 0 radical (unpaired) electrons. The second-order valence-electron chi connectivity index (χ2n) is 4.17. The minimum atomic E-state index is -4.35. The monoisotopic (exact) mass is 297 g/mol. The molecule has 3 aromatic rings. The van der Waals surface area contributed by atoms with Crippen molar-refractivity contribution in [2.75, 3.05) is 0 Å². The van der Waals surface area contributed by atoms with Crippen LogP contribution in [0, 0.1) is 0 Å². The molecule has 2 heterocycles. The number of aromatic amines is 1. The van der Waals surface area contributed by atoms with E-state index in [2.05, 4.69) is 15.0 Å². The zero-order chi connectivity index (χ0) is 14.3. The average Bonchev–Trinajstić information content (AvgIpc) is 2.83. The Morgan fingerprint density at radius 3 is 2.40 bits per heavy atom. The number of aromatic nitrogens is 3. The Morgan fingerprint density at radius 1 is 1.05 bits per heavy atom. The highest BCUT2D eigenvalue weighted by atomic mass is 35.5. The van der Waals surface area contributed by atoms with Crippen molar-refractivity contribution in [1.82, 2.24) is 15.0 Å². The second-order valence-corrected chi connectivity index (χ2v) is 4.52. The summed E-state index contributed by atoms with van der Waals surface area (Å²) in [6, 6.07) is 4.86. The first-order valence-corrected chi connectivity index (χ1v) is 6.00. The molecule has 7 heteroatoms. The number of halogens is 4. The summed E-state index contributed by atoms with van der Waals surface area (Å²) in [5.41, 5.74) is 1.13. The highest BCUT2D eigenvalue weighted by molar-refractivity contribution is 6.35. The molecule has 0 atom stereocenters. The Bertz CT molecular complexity index is 763. The molecule has 20 heavy (non-hydrogen) atoms. The third-order valence-electron chi connectivity index (χ3n) is 2.95. The van der Waals surface area contributed by atoms with E-state index in [9.17, 15) is 13.2 Å². The molecule has 102 valence electrons. The summed E-state index contributed by atoms with van der Waals surface area (Å²) in [6.07, 6.45) is -1.38. The van der Waals surface area contributed by atoms with Crippen molar-refractivity contribution in [1.29, 1.82) is 0 Å². The van der Waals surface area contributed by atoms with E-state index in [0.29, 0.717) is 22.2 Å². The number of fused-ring (bicyclic) bond motifs is 1. The first kappa shape index (κ1) is 12.9. The average molecular weight is 298 g/mol. The highest BCUT2D eigenvalue weighted by Gasteiger charge is 2.30. The minimum Gasteiger partial charge on any atom is -0.345 e. The first-order chi connectivity index (χ1) is 9.47. The fourth-order valence-corrected chi connectivity index (χ4v) is 2.23. The Kier molecular flexibility index (Phi) is 2.90. The predicted octanol–water partition coefficient (Wildman–Crippen LogP) is 4.30. The molecule has 3 nitrogen and oxygen atoms in total. The van der Waals surface area contributed by atoms with Gasteiger partial charge in [0.25, 0.3) is 0 Å². The molecule has 0 aliphatic rings. The molecule has 1 N–H and O–H groups in total. The quantitative estimate of drug-likeness (QED) is 0.681. The highest BCUT2D eigenvalue weighted by Crippen LogP contribution is 2.34. The summed E-state index contributed by atoms with van der Waals surface area (Å²) in [6.45, 7) is 0. The van der Waals surface area contributed by atoms with E-state index < -0.39 is 11.7 Å². The van der Waals surface area contributed by atoms with Gasteiger partial charge in [-0.3, -0.25) is 0 Å². The molecule has 0 aliphatic heterocycles. The Morgan fingerprint density at radius 2 is 1.75 bits per heavy atom. The number of hydrogen-bond donors (Lipinski definition) is 1. The lowest BCUT2D eigenvalue weighted by Gasteiger charge is -2.07. The number of nitrogens with one attached hydrogen (secondary N) is 1. The van der Waals surface area contributed by atoms with Crippen molar-refractivity contribution in [2.24, 2.45) is 0 Å². The molecule has 0 unspecified atom stereocenters. The standard InChI is InChI=1S/C13H7ClF3N3/c14-11-10-9(5-18-12(10)20-6-19-11)7-1-3-8(4-2-7)13(15,16)17/h1-6H,(H,18,19,20). The molecule has 0 bridgehead atoms. The van der Waals surface area contributed by atoms with Crippen molar-refractivity contribution in [3.05, 3.63) is 47.5 Å². The summed E-state index contributed by atoms with van der Waals surface area (Å²) in [4.78, 5) is 10.8. The van der Waals surface area contributed by atoms with E-state index in [0.717, 1.165) is 12.1 Å². The van der Waals surface area contributed by atoms with Gasteiger partial charge in [0.1, 0.15) is 17.1 Å². The predicted molar refractivity (Wildman–Crippen MR) is 69.3 cm³/mol. The van der Waals surface area contributed by atoms with Crippen LogP contribution in [0.15, 0.2) is 36.8 Å². The lowest BCUT2D eigenvalue weighted by molar-refractivity contribution is -0.137. The van der Waals surface area contributed by atoms with Crippen LogP contribution in [0.4, 0.5) is 13.2 Å². The summed E-state index contributed by atoms with van der Waals surface area (Å²) in [7, 11) is 0. The molecular formula is C13H7ClF3N3. The smallest absolute Gasteiger partial charge is 0.345 e. The SMILES string of the molecule is FC(F)(F)c1ccc(-c2c[nH]c3ncnc(Cl)c23)cc1. The van der Waals surface area contributed by atoms with Crippen molar-refractivity contribution >= 4 is 22.6 Å². The summed E-state index contributed by atoms with van der Waals surface area (Å²) < 4.78 is 37.6. The molecule has 0 saturated heterocycles. The normalized spacial score (nSPS) is 12.0. The van der Waals surface area contributed by atoms with E-state index in [-0.39, 0.29) is 5.15 Å². The molecular weight excluding hydrogens is 291 g/mol. The van der Waals surface area contributed by atoms with Crippen molar-refractivity contribution in [2.45, 2.75) is 6.18 Å². The van der Waals surface area contributed by atoms with Gasteiger partial charge in [-0.25, -0.2) is 9.97 Å².